The van der Waals surface area contributed by atoms with E-state index in [1.165, 1.54) is 6.08 Å². The van der Waals surface area contributed by atoms with Gasteiger partial charge in [-0.2, -0.15) is 0 Å². The highest BCUT2D eigenvalue weighted by Gasteiger charge is 2.50. The number of nitrogens with zero attached hydrogens (tertiary/aromatic N) is 1. The van der Waals surface area contributed by atoms with Gasteiger partial charge in [-0.25, -0.2) is 0 Å². The molecule has 9 nitrogen and oxygen atoms in total. The van der Waals surface area contributed by atoms with E-state index in [1.807, 2.05) is 37.3 Å². The molecule has 2 aromatic carbocycles. The monoisotopic (exact) mass is 536 g/mol. The molecule has 208 valence electrons. The zero-order chi connectivity index (χ0) is 27.9. The number of carbonyl (C=O) groups excluding carboxylic acids is 2. The molecule has 0 spiro atoms. The lowest BCUT2D eigenvalue weighted by Gasteiger charge is -2.40. The summed E-state index contributed by atoms with van der Waals surface area (Å²) in [7, 11) is 3.16. The molecule has 3 N–H and O–H groups in total. The summed E-state index contributed by atoms with van der Waals surface area (Å²) in [6.07, 6.45) is 4.16. The molecule has 9 heteroatoms. The second-order valence-electron chi connectivity index (χ2n) is 9.45. The van der Waals surface area contributed by atoms with Crippen molar-refractivity contribution in [3.05, 3.63) is 77.4 Å². The first-order valence-corrected chi connectivity index (χ1v) is 13.2. The number of fused-ring (bicyclic) bond motifs is 3. The Labute approximate surface area is 228 Å². The van der Waals surface area contributed by atoms with Gasteiger partial charge in [0.2, 0.25) is 11.8 Å². The van der Waals surface area contributed by atoms with Gasteiger partial charge >= 0.3 is 0 Å². The van der Waals surface area contributed by atoms with Crippen molar-refractivity contribution in [2.24, 2.45) is 0 Å². The standard InChI is InChI=1S/C30H36N2O7/c1-4-5-10-26(34)32(15-13-19-17-20(37-2)11-12-24(19)38-3)23-18-22(30(36)31-14-16-33)27-21-8-6-7-9-25(21)39-29(27)28(23)35/h5-12,17-18,23,27-29,33,35H,4,13-16H2,1-3H3,(H,31,36)/t23-,27+,28+,29+/m1/s1. The minimum atomic E-state index is -1.09. The Morgan fingerprint density at radius 2 is 1.95 bits per heavy atom. The normalized spacial score (nSPS) is 21.4. The van der Waals surface area contributed by atoms with Gasteiger partial charge in [0.1, 0.15) is 29.5 Å². The van der Waals surface area contributed by atoms with Gasteiger partial charge in [-0.3, -0.25) is 9.59 Å². The molecule has 0 saturated carbocycles. The van der Waals surface area contributed by atoms with Crippen molar-refractivity contribution < 1.29 is 34.0 Å². The van der Waals surface area contributed by atoms with Crippen molar-refractivity contribution in [3.63, 3.8) is 0 Å². The Hall–Kier alpha value is -3.82. The second kappa shape index (κ2) is 12.8. The molecule has 1 aliphatic carbocycles. The number of carbonyl (C=O) groups is 2. The van der Waals surface area contributed by atoms with Gasteiger partial charge in [-0.05, 0) is 54.8 Å². The van der Waals surface area contributed by atoms with Crippen LogP contribution in [0.1, 0.15) is 30.4 Å². The highest BCUT2D eigenvalue weighted by molar-refractivity contribution is 5.96. The van der Waals surface area contributed by atoms with E-state index in [-0.39, 0.29) is 31.5 Å². The average molecular weight is 537 g/mol. The molecule has 0 aromatic heterocycles. The van der Waals surface area contributed by atoms with E-state index >= 15 is 0 Å². The number of hydrogen-bond acceptors (Lipinski definition) is 7. The molecule has 39 heavy (non-hydrogen) atoms. The van der Waals surface area contributed by atoms with Crippen LogP contribution in [0.4, 0.5) is 0 Å². The first kappa shape index (κ1) is 28.2. The van der Waals surface area contributed by atoms with Gasteiger partial charge in [0, 0.05) is 24.2 Å². The van der Waals surface area contributed by atoms with Gasteiger partial charge in [0.15, 0.2) is 0 Å². The predicted octanol–water partition coefficient (Wildman–Crippen LogP) is 2.36. The molecule has 4 atom stereocenters. The van der Waals surface area contributed by atoms with E-state index in [4.69, 9.17) is 14.2 Å². The van der Waals surface area contributed by atoms with Crippen LogP contribution in [-0.4, -0.2) is 79.1 Å². The zero-order valence-electron chi connectivity index (χ0n) is 22.5. The molecule has 1 aliphatic heterocycles. The van der Waals surface area contributed by atoms with Crippen molar-refractivity contribution in [1.29, 1.82) is 0 Å². The minimum Gasteiger partial charge on any atom is -0.497 e. The Morgan fingerprint density at radius 3 is 2.67 bits per heavy atom. The van der Waals surface area contributed by atoms with E-state index in [1.54, 1.807) is 43.4 Å². The largest absolute Gasteiger partial charge is 0.497 e. The lowest BCUT2D eigenvalue weighted by Crippen LogP contribution is -2.56. The van der Waals surface area contributed by atoms with E-state index in [0.717, 1.165) is 11.1 Å². The summed E-state index contributed by atoms with van der Waals surface area (Å²) < 4.78 is 17.1. The Morgan fingerprint density at radius 1 is 1.15 bits per heavy atom. The SMILES string of the molecule is CCC=CC(=O)N(CCc1cc(OC)ccc1OC)[C@@H]1C=C(C(=O)NCCO)[C@@H]2c3ccccc3O[C@@H]2[C@H]1O. The van der Waals surface area contributed by atoms with Crippen LogP contribution in [0.15, 0.2) is 66.3 Å². The lowest BCUT2D eigenvalue weighted by molar-refractivity contribution is -0.132. The summed E-state index contributed by atoms with van der Waals surface area (Å²) in [4.78, 5) is 28.3. The zero-order valence-corrected chi connectivity index (χ0v) is 22.5. The highest BCUT2D eigenvalue weighted by atomic mass is 16.5. The van der Waals surface area contributed by atoms with Gasteiger partial charge in [-0.1, -0.05) is 31.2 Å². The number of aliphatic hydroxyl groups excluding tert-OH is 2. The van der Waals surface area contributed by atoms with Crippen LogP contribution < -0.4 is 19.5 Å². The highest BCUT2D eigenvalue weighted by Crippen LogP contribution is 2.47. The average Bonchev–Trinajstić information content (AvgIpc) is 3.36. The molecular weight excluding hydrogens is 500 g/mol. The third-order valence-electron chi connectivity index (χ3n) is 7.13. The number of rotatable bonds is 11. The quantitative estimate of drug-likeness (QED) is 0.378. The molecule has 4 rings (SSSR count). The number of allylic oxidation sites excluding steroid dienone is 1. The Bertz CT molecular complexity index is 1240. The van der Waals surface area contributed by atoms with E-state index in [0.29, 0.717) is 35.7 Å². The summed E-state index contributed by atoms with van der Waals surface area (Å²) in [5.41, 5.74) is 2.03. The smallest absolute Gasteiger partial charge is 0.247 e. The van der Waals surface area contributed by atoms with Gasteiger partial charge in [0.25, 0.3) is 0 Å². The molecular formula is C30H36N2O7. The van der Waals surface area contributed by atoms with Crippen LogP contribution in [0.2, 0.25) is 0 Å². The van der Waals surface area contributed by atoms with E-state index in [2.05, 4.69) is 5.32 Å². The van der Waals surface area contributed by atoms with Crippen LogP contribution >= 0.6 is 0 Å². The molecule has 2 aliphatic rings. The fourth-order valence-corrected chi connectivity index (χ4v) is 5.23. The molecule has 2 aromatic rings. The molecule has 0 unspecified atom stereocenters. The molecule has 0 saturated heterocycles. The van der Waals surface area contributed by atoms with Gasteiger partial charge in [-0.15, -0.1) is 0 Å². The fourth-order valence-electron chi connectivity index (χ4n) is 5.23. The van der Waals surface area contributed by atoms with Crippen molar-refractivity contribution >= 4 is 11.8 Å². The van der Waals surface area contributed by atoms with Crippen molar-refractivity contribution in [3.8, 4) is 17.2 Å². The van der Waals surface area contributed by atoms with Gasteiger partial charge < -0.3 is 34.6 Å². The first-order valence-electron chi connectivity index (χ1n) is 13.2. The van der Waals surface area contributed by atoms with E-state index in [9.17, 15) is 19.8 Å². The number of benzene rings is 2. The topological polar surface area (TPSA) is 118 Å². The maximum atomic E-state index is 13.5. The molecule has 1 heterocycles. The third-order valence-corrected chi connectivity index (χ3v) is 7.13. The number of methoxy groups -OCH3 is 2. The van der Waals surface area contributed by atoms with Gasteiger partial charge in [0.05, 0.1) is 32.8 Å². The molecule has 0 fully saturated rings. The molecule has 0 radical (unpaired) electrons. The lowest BCUT2D eigenvalue weighted by atomic mass is 9.77. The third kappa shape index (κ3) is 5.94. The summed E-state index contributed by atoms with van der Waals surface area (Å²) >= 11 is 0. The summed E-state index contributed by atoms with van der Waals surface area (Å²) in [5.74, 6) is 0.747. The number of hydrogen-bond donors (Lipinski definition) is 3. The van der Waals surface area contributed by atoms with Crippen LogP contribution in [0, 0.1) is 0 Å². The second-order valence-corrected chi connectivity index (χ2v) is 9.45. The van der Waals surface area contributed by atoms with Crippen molar-refractivity contribution in [2.45, 2.75) is 43.9 Å². The van der Waals surface area contributed by atoms with Crippen LogP contribution in [0.25, 0.3) is 0 Å². The number of amides is 2. The number of aliphatic hydroxyl groups is 2. The number of nitrogens with one attached hydrogen (secondary N) is 1. The molecule has 2 amide bonds. The van der Waals surface area contributed by atoms with Crippen LogP contribution in [0.3, 0.4) is 0 Å². The summed E-state index contributed by atoms with van der Waals surface area (Å²) in [6, 6.07) is 12.0. The predicted molar refractivity (Wildman–Crippen MR) is 146 cm³/mol. The summed E-state index contributed by atoms with van der Waals surface area (Å²) in [6.45, 7) is 2.05. The van der Waals surface area contributed by atoms with E-state index < -0.39 is 24.2 Å². The van der Waals surface area contributed by atoms with Crippen molar-refractivity contribution in [1.82, 2.24) is 10.2 Å². The number of ether oxygens (including phenoxy) is 3. The van der Waals surface area contributed by atoms with Crippen molar-refractivity contribution in [2.75, 3.05) is 33.9 Å². The fraction of sp³-hybridized carbons (Fsp3) is 0.400. The molecule has 0 bridgehead atoms. The maximum Gasteiger partial charge on any atom is 0.247 e. The maximum absolute atomic E-state index is 13.5. The van der Waals surface area contributed by atoms with Crippen LogP contribution in [-0.2, 0) is 16.0 Å². The van der Waals surface area contributed by atoms with Crippen LogP contribution in [0.5, 0.6) is 17.2 Å². The minimum absolute atomic E-state index is 0.0841. The Balaban J connectivity index is 1.72. The Kier molecular flexibility index (Phi) is 9.27. The summed E-state index contributed by atoms with van der Waals surface area (Å²) in [5, 5.41) is 23.6. The first-order chi connectivity index (χ1) is 18.9. The number of para-hydroxylation sites is 1.